The van der Waals surface area contributed by atoms with Crippen LogP contribution in [0.1, 0.15) is 34.0 Å². The van der Waals surface area contributed by atoms with E-state index in [1.807, 2.05) is 0 Å². The third-order valence-electron chi connectivity index (χ3n) is 5.23. The number of benzene rings is 1. The van der Waals surface area contributed by atoms with Crippen molar-refractivity contribution in [2.45, 2.75) is 19.8 Å². The number of hydrogen-bond acceptors (Lipinski definition) is 4. The summed E-state index contributed by atoms with van der Waals surface area (Å²) in [5, 5.41) is 21.8. The van der Waals surface area contributed by atoms with Gasteiger partial charge < -0.3 is 19.3 Å². The normalized spacial score (nSPS) is 12.2. The van der Waals surface area contributed by atoms with Gasteiger partial charge in [-0.3, -0.25) is 9.59 Å². The molecule has 7 heteroatoms. The summed E-state index contributed by atoms with van der Waals surface area (Å²) in [5.74, 6) is -1.20. The highest BCUT2D eigenvalue weighted by Gasteiger charge is 2.29. The number of aromatic nitrogens is 2. The van der Waals surface area contributed by atoms with Gasteiger partial charge in [-0.25, -0.2) is 0 Å². The molecule has 0 spiro atoms. The minimum absolute atomic E-state index is 0.118. The summed E-state index contributed by atoms with van der Waals surface area (Å²) in [4.78, 5) is 25.1. The molecule has 2 heterocycles. The van der Waals surface area contributed by atoms with Gasteiger partial charge >= 0.3 is 0 Å². The Hall–Kier alpha value is -2.99. The predicted octanol–water partition coefficient (Wildman–Crippen LogP) is 2.95. The molecule has 0 amide bonds. The number of aryl methyl sites for hydroxylation is 1. The summed E-state index contributed by atoms with van der Waals surface area (Å²) < 4.78 is 2.83. The summed E-state index contributed by atoms with van der Waals surface area (Å²) in [6, 6.07) is 9.43. The fourth-order valence-corrected chi connectivity index (χ4v) is 3.53. The van der Waals surface area contributed by atoms with E-state index in [4.69, 9.17) is 11.6 Å². The van der Waals surface area contributed by atoms with Crippen molar-refractivity contribution in [3.05, 3.63) is 90.2 Å². The quantitative estimate of drug-likeness (QED) is 0.708. The lowest BCUT2D eigenvalue weighted by molar-refractivity contribution is 0.451. The van der Waals surface area contributed by atoms with E-state index in [2.05, 4.69) is 0 Å². The first-order chi connectivity index (χ1) is 13.1. The van der Waals surface area contributed by atoms with Gasteiger partial charge in [-0.2, -0.15) is 0 Å². The van der Waals surface area contributed by atoms with Crippen LogP contribution in [0.25, 0.3) is 0 Å². The van der Waals surface area contributed by atoms with E-state index in [0.29, 0.717) is 27.5 Å². The summed E-state index contributed by atoms with van der Waals surface area (Å²) >= 11 is 6.02. The SMILES string of the molecule is Cc1c(C(c2ccc(Cl)cc2)c2c(O)cc(C)n(C)c2=O)c(O)cc(=O)n1C. The van der Waals surface area contributed by atoms with Crippen molar-refractivity contribution in [3.8, 4) is 11.5 Å². The zero-order chi connectivity index (χ0) is 20.7. The zero-order valence-corrected chi connectivity index (χ0v) is 16.8. The Morgan fingerprint density at radius 3 is 2.07 bits per heavy atom. The van der Waals surface area contributed by atoms with Gasteiger partial charge in [0.1, 0.15) is 11.5 Å². The topological polar surface area (TPSA) is 84.5 Å². The molecule has 0 aliphatic carbocycles. The molecule has 0 saturated heterocycles. The highest BCUT2D eigenvalue weighted by Crippen LogP contribution is 2.40. The van der Waals surface area contributed by atoms with E-state index in [9.17, 15) is 19.8 Å². The van der Waals surface area contributed by atoms with E-state index < -0.39 is 5.92 Å². The molecule has 3 aromatic rings. The van der Waals surface area contributed by atoms with Crippen LogP contribution in [0.5, 0.6) is 11.5 Å². The van der Waals surface area contributed by atoms with Crippen LogP contribution in [0.4, 0.5) is 0 Å². The second-order valence-electron chi connectivity index (χ2n) is 6.86. The van der Waals surface area contributed by atoms with Gasteiger partial charge in [0.15, 0.2) is 0 Å². The number of hydrogen-bond donors (Lipinski definition) is 2. The largest absolute Gasteiger partial charge is 0.507 e. The number of pyridine rings is 2. The maximum Gasteiger partial charge on any atom is 0.258 e. The molecule has 6 nitrogen and oxygen atoms in total. The standard InChI is InChI=1S/C21H21ClN2O4/c1-11-9-15(25)20(21(28)23(11)3)19(13-5-7-14(22)8-6-13)18-12(2)24(4)17(27)10-16(18)26/h5-10,19,25-26H,1-4H3. The second kappa shape index (κ2) is 7.20. The molecule has 1 unspecified atom stereocenters. The number of rotatable bonds is 3. The Balaban J connectivity index is 2.45. The summed E-state index contributed by atoms with van der Waals surface area (Å²) in [7, 11) is 3.21. The van der Waals surface area contributed by atoms with E-state index in [1.165, 1.54) is 15.2 Å². The van der Waals surface area contributed by atoms with Gasteiger partial charge in [0.2, 0.25) is 0 Å². The van der Waals surface area contributed by atoms with Crippen LogP contribution in [0.2, 0.25) is 5.02 Å². The van der Waals surface area contributed by atoms with Crippen molar-refractivity contribution in [1.29, 1.82) is 0 Å². The highest BCUT2D eigenvalue weighted by atomic mass is 35.5. The van der Waals surface area contributed by atoms with Crippen LogP contribution in [0.3, 0.4) is 0 Å². The average Bonchev–Trinajstić information content (AvgIpc) is 2.64. The van der Waals surface area contributed by atoms with E-state index in [1.54, 1.807) is 52.2 Å². The minimum Gasteiger partial charge on any atom is -0.507 e. The van der Waals surface area contributed by atoms with Gasteiger partial charge in [-0.05, 0) is 37.6 Å². The van der Waals surface area contributed by atoms with Crippen LogP contribution in [0.15, 0.2) is 46.0 Å². The molecule has 3 rings (SSSR count). The van der Waals surface area contributed by atoms with Crippen molar-refractivity contribution < 1.29 is 10.2 Å². The minimum atomic E-state index is -0.789. The lowest BCUT2D eigenvalue weighted by Gasteiger charge is -2.24. The van der Waals surface area contributed by atoms with E-state index in [-0.39, 0.29) is 28.2 Å². The van der Waals surface area contributed by atoms with Crippen LogP contribution in [-0.2, 0) is 14.1 Å². The first-order valence-corrected chi connectivity index (χ1v) is 9.05. The molecular formula is C21H21ClN2O4. The van der Waals surface area contributed by atoms with Gasteiger partial charge in [-0.1, -0.05) is 23.7 Å². The molecule has 2 aromatic heterocycles. The molecule has 0 aliphatic rings. The van der Waals surface area contributed by atoms with Crippen molar-refractivity contribution in [1.82, 2.24) is 9.13 Å². The molecule has 1 aromatic carbocycles. The number of nitrogens with zero attached hydrogens (tertiary/aromatic N) is 2. The van der Waals surface area contributed by atoms with Crippen molar-refractivity contribution in [2.75, 3.05) is 0 Å². The maximum absolute atomic E-state index is 13.1. The van der Waals surface area contributed by atoms with Crippen LogP contribution >= 0.6 is 11.6 Å². The number of halogens is 1. The Labute approximate surface area is 166 Å². The van der Waals surface area contributed by atoms with Gasteiger partial charge in [0.05, 0.1) is 5.56 Å². The molecule has 1 atom stereocenters. The van der Waals surface area contributed by atoms with Crippen molar-refractivity contribution >= 4 is 11.6 Å². The highest BCUT2D eigenvalue weighted by molar-refractivity contribution is 6.30. The van der Waals surface area contributed by atoms with Gasteiger partial charge in [0.25, 0.3) is 11.1 Å². The van der Waals surface area contributed by atoms with Crippen LogP contribution in [0, 0.1) is 13.8 Å². The Bertz CT molecular complexity index is 1180. The third-order valence-corrected chi connectivity index (χ3v) is 5.48. The molecule has 0 bridgehead atoms. The Kier molecular flexibility index (Phi) is 5.08. The van der Waals surface area contributed by atoms with Crippen molar-refractivity contribution in [3.63, 3.8) is 0 Å². The summed E-state index contributed by atoms with van der Waals surface area (Å²) in [6.45, 7) is 3.41. The van der Waals surface area contributed by atoms with Gasteiger partial charge in [-0.15, -0.1) is 0 Å². The molecule has 0 saturated carbocycles. The lowest BCUT2D eigenvalue weighted by atomic mass is 9.83. The van der Waals surface area contributed by atoms with Gasteiger partial charge in [0, 0.05) is 48.1 Å². The molecule has 2 N–H and O–H groups in total. The van der Waals surface area contributed by atoms with E-state index in [0.717, 1.165) is 6.07 Å². The molecule has 0 radical (unpaired) electrons. The number of aromatic hydroxyl groups is 2. The smallest absolute Gasteiger partial charge is 0.258 e. The van der Waals surface area contributed by atoms with E-state index >= 15 is 0 Å². The first-order valence-electron chi connectivity index (χ1n) is 8.68. The average molecular weight is 401 g/mol. The molecule has 0 aliphatic heterocycles. The fourth-order valence-electron chi connectivity index (χ4n) is 3.41. The predicted molar refractivity (Wildman–Crippen MR) is 109 cm³/mol. The molecular weight excluding hydrogens is 380 g/mol. The van der Waals surface area contributed by atoms with Crippen LogP contribution in [-0.4, -0.2) is 19.3 Å². The van der Waals surface area contributed by atoms with Crippen LogP contribution < -0.4 is 11.1 Å². The monoisotopic (exact) mass is 400 g/mol. The Morgan fingerprint density at radius 2 is 1.46 bits per heavy atom. The zero-order valence-electron chi connectivity index (χ0n) is 16.0. The first kappa shape index (κ1) is 19.8. The Morgan fingerprint density at radius 1 is 0.893 bits per heavy atom. The molecule has 0 fully saturated rings. The second-order valence-corrected chi connectivity index (χ2v) is 7.30. The molecule has 28 heavy (non-hydrogen) atoms. The fraction of sp³-hybridized carbons (Fsp3) is 0.238. The summed E-state index contributed by atoms with van der Waals surface area (Å²) in [5.41, 5.74) is 1.49. The molecule has 146 valence electrons. The van der Waals surface area contributed by atoms with Crippen molar-refractivity contribution in [2.24, 2.45) is 14.1 Å². The maximum atomic E-state index is 13.1. The summed E-state index contributed by atoms with van der Waals surface area (Å²) in [6.07, 6.45) is 0. The third kappa shape index (κ3) is 3.20. The lowest BCUT2D eigenvalue weighted by Crippen LogP contribution is -2.28.